The molecule has 1 rings (SSSR count). The monoisotopic (exact) mass is 259 g/mol. The van der Waals surface area contributed by atoms with Crippen LogP contribution in [0, 0.1) is 17.2 Å². The first-order valence-electron chi connectivity index (χ1n) is 7.17. The Labute approximate surface area is 116 Å². The van der Waals surface area contributed by atoms with E-state index < -0.39 is 0 Å². The molecular weight excluding hydrogens is 234 g/mol. The van der Waals surface area contributed by atoms with Gasteiger partial charge in [0, 0.05) is 6.54 Å². The molecule has 3 heteroatoms. The van der Waals surface area contributed by atoms with Crippen molar-refractivity contribution in [3.63, 3.8) is 0 Å². The Hall–Kier alpha value is -1.69. The second kappa shape index (κ2) is 8.42. The van der Waals surface area contributed by atoms with Crippen LogP contribution in [0.2, 0.25) is 0 Å². The van der Waals surface area contributed by atoms with Crippen LogP contribution in [0.3, 0.4) is 0 Å². The first-order chi connectivity index (χ1) is 9.13. The Kier molecular flexibility index (Phi) is 6.81. The van der Waals surface area contributed by atoms with Gasteiger partial charge >= 0.3 is 0 Å². The van der Waals surface area contributed by atoms with Crippen LogP contribution in [0.4, 0.5) is 11.4 Å². The molecule has 0 aromatic heterocycles. The second-order valence-electron chi connectivity index (χ2n) is 5.44. The van der Waals surface area contributed by atoms with Crippen LogP contribution in [-0.2, 0) is 0 Å². The van der Waals surface area contributed by atoms with Gasteiger partial charge in [-0.05, 0) is 30.5 Å². The summed E-state index contributed by atoms with van der Waals surface area (Å²) in [5, 5.41) is 12.1. The fourth-order valence-electron chi connectivity index (χ4n) is 2.05. The van der Waals surface area contributed by atoms with Gasteiger partial charge in [0.15, 0.2) is 0 Å². The highest BCUT2D eigenvalue weighted by molar-refractivity contribution is 5.68. The third-order valence-corrected chi connectivity index (χ3v) is 3.20. The van der Waals surface area contributed by atoms with Crippen molar-refractivity contribution in [3.05, 3.63) is 23.8 Å². The zero-order valence-electron chi connectivity index (χ0n) is 12.1. The third-order valence-electron chi connectivity index (χ3n) is 3.20. The number of nitriles is 1. The minimum atomic E-state index is 0.608. The summed E-state index contributed by atoms with van der Waals surface area (Å²) in [7, 11) is 0. The quantitative estimate of drug-likeness (QED) is 0.544. The number of benzene rings is 1. The molecule has 0 bridgehead atoms. The molecule has 0 aliphatic carbocycles. The fourth-order valence-corrected chi connectivity index (χ4v) is 2.05. The lowest BCUT2D eigenvalue weighted by atomic mass is 10.0. The van der Waals surface area contributed by atoms with Gasteiger partial charge in [0.05, 0.1) is 23.0 Å². The van der Waals surface area contributed by atoms with E-state index in [0.717, 1.165) is 24.6 Å². The smallest absolute Gasteiger partial charge is 0.0992 e. The normalized spacial score (nSPS) is 10.4. The van der Waals surface area contributed by atoms with Crippen LogP contribution in [0.25, 0.3) is 0 Å². The van der Waals surface area contributed by atoms with E-state index in [9.17, 15) is 0 Å². The Morgan fingerprint density at radius 2 is 1.95 bits per heavy atom. The van der Waals surface area contributed by atoms with Crippen molar-refractivity contribution in [2.24, 2.45) is 5.92 Å². The van der Waals surface area contributed by atoms with Gasteiger partial charge in [-0.15, -0.1) is 0 Å². The maximum absolute atomic E-state index is 8.76. The summed E-state index contributed by atoms with van der Waals surface area (Å²) < 4.78 is 0. The summed E-state index contributed by atoms with van der Waals surface area (Å²) in [5.41, 5.74) is 8.07. The average Bonchev–Trinajstić information content (AvgIpc) is 2.38. The van der Waals surface area contributed by atoms with Crippen LogP contribution < -0.4 is 11.1 Å². The lowest BCUT2D eigenvalue weighted by Gasteiger charge is -2.09. The third kappa shape index (κ3) is 6.15. The van der Waals surface area contributed by atoms with Crippen molar-refractivity contribution < 1.29 is 0 Å². The van der Waals surface area contributed by atoms with E-state index in [1.807, 2.05) is 6.07 Å². The Morgan fingerprint density at radius 3 is 2.58 bits per heavy atom. The largest absolute Gasteiger partial charge is 0.397 e. The second-order valence-corrected chi connectivity index (χ2v) is 5.44. The molecule has 0 spiro atoms. The zero-order chi connectivity index (χ0) is 14.1. The first-order valence-corrected chi connectivity index (χ1v) is 7.17. The van der Waals surface area contributed by atoms with Gasteiger partial charge in [0.25, 0.3) is 0 Å². The van der Waals surface area contributed by atoms with E-state index in [0.29, 0.717) is 11.3 Å². The van der Waals surface area contributed by atoms with E-state index in [4.69, 9.17) is 11.0 Å². The maximum atomic E-state index is 8.76. The molecular formula is C16H25N3. The molecule has 104 valence electrons. The van der Waals surface area contributed by atoms with Crippen molar-refractivity contribution in [3.8, 4) is 6.07 Å². The predicted octanol–water partition coefficient (Wildman–Crippen LogP) is 4.16. The molecule has 0 fully saturated rings. The number of rotatable bonds is 8. The molecule has 3 nitrogen and oxygen atoms in total. The molecule has 1 aromatic carbocycles. The zero-order valence-corrected chi connectivity index (χ0v) is 12.1. The number of anilines is 2. The molecule has 0 aliphatic heterocycles. The number of hydrogen-bond acceptors (Lipinski definition) is 3. The van der Waals surface area contributed by atoms with E-state index >= 15 is 0 Å². The summed E-state index contributed by atoms with van der Waals surface area (Å²) >= 11 is 0. The number of hydrogen-bond donors (Lipinski definition) is 2. The topological polar surface area (TPSA) is 61.8 Å². The molecule has 0 saturated carbocycles. The van der Waals surface area contributed by atoms with Crippen LogP contribution in [0.5, 0.6) is 0 Å². The average molecular weight is 259 g/mol. The highest BCUT2D eigenvalue weighted by Gasteiger charge is 2.00. The predicted molar refractivity (Wildman–Crippen MR) is 82.0 cm³/mol. The van der Waals surface area contributed by atoms with Gasteiger partial charge in [0.2, 0.25) is 0 Å². The fraction of sp³-hybridized carbons (Fsp3) is 0.562. The molecule has 0 saturated heterocycles. The summed E-state index contributed by atoms with van der Waals surface area (Å²) in [6, 6.07) is 7.47. The maximum Gasteiger partial charge on any atom is 0.0992 e. The van der Waals surface area contributed by atoms with Gasteiger partial charge in [-0.25, -0.2) is 0 Å². The highest BCUT2D eigenvalue weighted by Crippen LogP contribution is 2.19. The van der Waals surface area contributed by atoms with Gasteiger partial charge in [0.1, 0.15) is 0 Å². The number of nitrogens with two attached hydrogens (primary N) is 1. The highest BCUT2D eigenvalue weighted by atomic mass is 14.9. The van der Waals surface area contributed by atoms with Crippen LogP contribution in [-0.4, -0.2) is 6.54 Å². The summed E-state index contributed by atoms with van der Waals surface area (Å²) in [6.45, 7) is 5.49. The Bertz CT molecular complexity index is 418. The lowest BCUT2D eigenvalue weighted by Crippen LogP contribution is -2.04. The SMILES string of the molecule is CC(C)CCCCCCNc1ccc(C#N)cc1N. The molecule has 19 heavy (non-hydrogen) atoms. The van der Waals surface area contributed by atoms with Gasteiger partial charge in [-0.2, -0.15) is 5.26 Å². The van der Waals surface area contributed by atoms with E-state index in [2.05, 4.69) is 25.2 Å². The molecule has 0 atom stereocenters. The summed E-state index contributed by atoms with van der Waals surface area (Å²) in [5.74, 6) is 0.816. The van der Waals surface area contributed by atoms with Gasteiger partial charge < -0.3 is 11.1 Å². The Morgan fingerprint density at radius 1 is 1.21 bits per heavy atom. The van der Waals surface area contributed by atoms with Crippen molar-refractivity contribution in [2.75, 3.05) is 17.6 Å². The molecule has 0 amide bonds. The molecule has 0 heterocycles. The van der Waals surface area contributed by atoms with E-state index in [1.54, 1.807) is 12.1 Å². The molecule has 0 aliphatic rings. The molecule has 0 radical (unpaired) electrons. The van der Waals surface area contributed by atoms with Crippen molar-refractivity contribution in [2.45, 2.75) is 46.0 Å². The molecule has 3 N–H and O–H groups in total. The van der Waals surface area contributed by atoms with Crippen molar-refractivity contribution in [1.82, 2.24) is 0 Å². The standard InChI is InChI=1S/C16H25N3/c1-13(2)7-5-3-4-6-10-19-16-9-8-14(12-17)11-15(16)18/h8-9,11,13,19H,3-7,10,18H2,1-2H3. The Balaban J connectivity index is 2.18. The first kappa shape index (κ1) is 15.4. The molecule has 0 unspecified atom stereocenters. The van der Waals surface area contributed by atoms with Gasteiger partial charge in [-0.1, -0.05) is 39.5 Å². The van der Waals surface area contributed by atoms with Crippen LogP contribution >= 0.6 is 0 Å². The number of unbranched alkanes of at least 4 members (excludes halogenated alkanes) is 3. The number of nitrogens with zero attached hydrogens (tertiary/aromatic N) is 1. The molecule has 1 aromatic rings. The minimum absolute atomic E-state index is 0.608. The van der Waals surface area contributed by atoms with Crippen molar-refractivity contribution in [1.29, 1.82) is 5.26 Å². The number of nitrogens with one attached hydrogen (secondary N) is 1. The minimum Gasteiger partial charge on any atom is -0.397 e. The summed E-state index contributed by atoms with van der Waals surface area (Å²) in [4.78, 5) is 0. The van der Waals surface area contributed by atoms with Crippen LogP contribution in [0.15, 0.2) is 18.2 Å². The van der Waals surface area contributed by atoms with Crippen molar-refractivity contribution >= 4 is 11.4 Å². The van der Waals surface area contributed by atoms with E-state index in [-0.39, 0.29) is 0 Å². The van der Waals surface area contributed by atoms with E-state index in [1.165, 1.54) is 25.7 Å². The lowest BCUT2D eigenvalue weighted by molar-refractivity contribution is 0.523. The summed E-state index contributed by atoms with van der Waals surface area (Å²) in [6.07, 6.45) is 6.39. The number of nitrogen functional groups attached to an aromatic ring is 1. The van der Waals surface area contributed by atoms with Gasteiger partial charge in [-0.3, -0.25) is 0 Å². The van der Waals surface area contributed by atoms with Crippen LogP contribution in [0.1, 0.15) is 51.5 Å².